The lowest BCUT2D eigenvalue weighted by Gasteiger charge is -2.34. The first-order valence-electron chi connectivity index (χ1n) is 10.3. The Morgan fingerprint density at radius 2 is 2.07 bits per heavy atom. The summed E-state index contributed by atoms with van der Waals surface area (Å²) in [5, 5.41) is 4.19. The largest absolute Gasteiger partial charge is 0.345 e. The van der Waals surface area contributed by atoms with Gasteiger partial charge in [-0.1, -0.05) is 24.4 Å². The molecule has 7 nitrogen and oxygen atoms in total. The van der Waals surface area contributed by atoms with Crippen LogP contribution < -0.4 is 0 Å². The van der Waals surface area contributed by atoms with Crippen molar-refractivity contribution in [3.63, 3.8) is 0 Å². The number of rotatable bonds is 4. The molecule has 2 fully saturated rings. The second-order valence-corrected chi connectivity index (χ2v) is 8.13. The number of nitrogens with one attached hydrogen (secondary N) is 1. The lowest BCUT2D eigenvalue weighted by molar-refractivity contribution is -0.134. The van der Waals surface area contributed by atoms with Crippen LogP contribution in [0, 0.1) is 5.92 Å². The summed E-state index contributed by atoms with van der Waals surface area (Å²) < 4.78 is 5.60. The number of nitrogens with zero attached hydrogens (tertiary/aromatic N) is 4. The van der Waals surface area contributed by atoms with Crippen LogP contribution in [0.1, 0.15) is 56.8 Å². The van der Waals surface area contributed by atoms with E-state index in [4.69, 9.17) is 4.52 Å². The van der Waals surface area contributed by atoms with Crippen LogP contribution in [-0.2, 0) is 4.79 Å². The van der Waals surface area contributed by atoms with Gasteiger partial charge >= 0.3 is 0 Å². The third-order valence-corrected chi connectivity index (χ3v) is 6.17. The number of aromatic nitrogens is 4. The van der Waals surface area contributed by atoms with E-state index in [1.807, 2.05) is 23.1 Å². The van der Waals surface area contributed by atoms with Gasteiger partial charge < -0.3 is 14.4 Å². The average Bonchev–Trinajstić information content (AvgIpc) is 3.39. The van der Waals surface area contributed by atoms with Gasteiger partial charge in [-0.3, -0.25) is 4.79 Å². The van der Waals surface area contributed by atoms with Gasteiger partial charge in [0.1, 0.15) is 0 Å². The maximum Gasteiger partial charge on any atom is 0.231 e. The molecule has 5 rings (SSSR count). The van der Waals surface area contributed by atoms with E-state index in [0.717, 1.165) is 29.6 Å². The molecule has 0 radical (unpaired) electrons. The Morgan fingerprint density at radius 3 is 2.96 bits per heavy atom. The van der Waals surface area contributed by atoms with E-state index in [1.54, 1.807) is 6.33 Å². The predicted molar refractivity (Wildman–Crippen MR) is 105 cm³/mol. The fourth-order valence-electron chi connectivity index (χ4n) is 4.57. The van der Waals surface area contributed by atoms with Crippen molar-refractivity contribution in [3.05, 3.63) is 30.4 Å². The molecule has 1 saturated carbocycles. The van der Waals surface area contributed by atoms with Crippen LogP contribution in [-0.4, -0.2) is 44.0 Å². The number of hydrogen-bond donors (Lipinski definition) is 1. The number of benzene rings is 1. The number of hydrogen-bond acceptors (Lipinski definition) is 5. The molecule has 1 amide bonds. The van der Waals surface area contributed by atoms with Crippen molar-refractivity contribution in [2.45, 2.75) is 50.9 Å². The molecular formula is C21H25N5O2. The Kier molecular flexibility index (Phi) is 4.58. The minimum Gasteiger partial charge on any atom is -0.345 e. The van der Waals surface area contributed by atoms with Crippen LogP contribution >= 0.6 is 0 Å². The van der Waals surface area contributed by atoms with Crippen molar-refractivity contribution in [1.82, 2.24) is 25.0 Å². The summed E-state index contributed by atoms with van der Waals surface area (Å²) in [6.07, 6.45) is 9.44. The zero-order valence-corrected chi connectivity index (χ0v) is 15.9. The van der Waals surface area contributed by atoms with Gasteiger partial charge in [-0.05, 0) is 43.4 Å². The Bertz CT molecular complexity index is 972. The van der Waals surface area contributed by atoms with Crippen LogP contribution in [0.25, 0.3) is 22.4 Å². The maximum absolute atomic E-state index is 12.4. The highest BCUT2D eigenvalue weighted by Crippen LogP contribution is 2.31. The molecule has 0 spiro atoms. The summed E-state index contributed by atoms with van der Waals surface area (Å²) in [5.74, 6) is 2.27. The van der Waals surface area contributed by atoms with Crippen molar-refractivity contribution >= 4 is 16.9 Å². The molecule has 28 heavy (non-hydrogen) atoms. The number of imidazole rings is 1. The number of carbonyl (C=O) groups excluding carboxylic acids is 1. The first-order chi connectivity index (χ1) is 13.8. The van der Waals surface area contributed by atoms with E-state index in [-0.39, 0.29) is 11.8 Å². The number of carbonyl (C=O) groups is 1. The molecule has 0 unspecified atom stereocenters. The summed E-state index contributed by atoms with van der Waals surface area (Å²) >= 11 is 0. The Morgan fingerprint density at radius 1 is 1.18 bits per heavy atom. The normalized spacial score (nSPS) is 21.5. The molecule has 1 aliphatic heterocycles. The number of likely N-dealkylation sites (tertiary alicyclic amines) is 1. The summed E-state index contributed by atoms with van der Waals surface area (Å²) in [5.41, 5.74) is 2.76. The minimum atomic E-state index is 0.124. The molecule has 0 bridgehead atoms. The van der Waals surface area contributed by atoms with E-state index in [9.17, 15) is 4.79 Å². The quantitative estimate of drug-likeness (QED) is 0.743. The third kappa shape index (κ3) is 3.41. The van der Waals surface area contributed by atoms with E-state index in [1.165, 1.54) is 32.1 Å². The van der Waals surface area contributed by atoms with E-state index < -0.39 is 0 Å². The number of aromatic amines is 1. The van der Waals surface area contributed by atoms with Gasteiger partial charge in [-0.2, -0.15) is 4.98 Å². The lowest BCUT2D eigenvalue weighted by Crippen LogP contribution is -2.42. The van der Waals surface area contributed by atoms with Gasteiger partial charge in [0.05, 0.1) is 23.3 Å². The van der Waals surface area contributed by atoms with E-state index >= 15 is 0 Å². The molecule has 7 heteroatoms. The molecule has 1 atom stereocenters. The fraction of sp³-hybridized carbons (Fsp3) is 0.524. The van der Waals surface area contributed by atoms with Crippen LogP contribution in [0.5, 0.6) is 0 Å². The molecule has 2 aromatic heterocycles. The van der Waals surface area contributed by atoms with Crippen molar-refractivity contribution in [2.24, 2.45) is 5.92 Å². The fourth-order valence-corrected chi connectivity index (χ4v) is 4.57. The molecule has 3 aromatic rings. The van der Waals surface area contributed by atoms with Gasteiger partial charge in [0.2, 0.25) is 17.6 Å². The highest BCUT2D eigenvalue weighted by molar-refractivity contribution is 5.80. The van der Waals surface area contributed by atoms with Crippen LogP contribution in [0.15, 0.2) is 29.0 Å². The summed E-state index contributed by atoms with van der Waals surface area (Å²) in [6.45, 7) is 1.57. The molecule has 1 aliphatic carbocycles. The van der Waals surface area contributed by atoms with Crippen molar-refractivity contribution < 1.29 is 9.32 Å². The van der Waals surface area contributed by atoms with Gasteiger partial charge in [0, 0.05) is 25.1 Å². The molecule has 3 heterocycles. The van der Waals surface area contributed by atoms with Crippen molar-refractivity contribution in [1.29, 1.82) is 0 Å². The van der Waals surface area contributed by atoms with Gasteiger partial charge in [0.25, 0.3) is 0 Å². The smallest absolute Gasteiger partial charge is 0.231 e. The highest BCUT2D eigenvalue weighted by atomic mass is 16.5. The third-order valence-electron chi connectivity index (χ3n) is 6.17. The lowest BCUT2D eigenvalue weighted by atomic mass is 9.87. The molecule has 1 saturated heterocycles. The van der Waals surface area contributed by atoms with Crippen LogP contribution in [0.4, 0.5) is 0 Å². The van der Waals surface area contributed by atoms with Crippen LogP contribution in [0.2, 0.25) is 0 Å². The topological polar surface area (TPSA) is 87.9 Å². The van der Waals surface area contributed by atoms with Crippen molar-refractivity contribution in [3.8, 4) is 11.4 Å². The first-order valence-corrected chi connectivity index (χ1v) is 10.3. The molecule has 1 N–H and O–H groups in total. The summed E-state index contributed by atoms with van der Waals surface area (Å²) in [7, 11) is 0. The number of fused-ring (bicyclic) bond motifs is 1. The van der Waals surface area contributed by atoms with Gasteiger partial charge in [-0.25, -0.2) is 4.98 Å². The monoisotopic (exact) mass is 379 g/mol. The standard InChI is InChI=1S/C21H25N5O2/c27-19-9-7-16(12-26(19)11-14-4-2-1-3-5-14)21-24-20(25-28-21)15-6-8-17-18(10-15)23-13-22-17/h6,8,10,13-14,16H,1-5,7,9,11-12H2,(H,22,23)/t16-/m0/s1. The van der Waals surface area contributed by atoms with Crippen molar-refractivity contribution in [2.75, 3.05) is 13.1 Å². The molecule has 2 aliphatic rings. The second kappa shape index (κ2) is 7.37. The summed E-state index contributed by atoms with van der Waals surface area (Å²) in [4.78, 5) is 26.5. The van der Waals surface area contributed by atoms with Gasteiger partial charge in [0.15, 0.2) is 0 Å². The minimum absolute atomic E-state index is 0.124. The van der Waals surface area contributed by atoms with Crippen LogP contribution in [0.3, 0.4) is 0 Å². The average molecular weight is 379 g/mol. The zero-order chi connectivity index (χ0) is 18.9. The highest BCUT2D eigenvalue weighted by Gasteiger charge is 2.32. The Labute approximate surface area is 163 Å². The number of amides is 1. The summed E-state index contributed by atoms with van der Waals surface area (Å²) in [6, 6.07) is 5.89. The van der Waals surface area contributed by atoms with Gasteiger partial charge in [-0.15, -0.1) is 0 Å². The molecule has 1 aromatic carbocycles. The Hall–Kier alpha value is -2.70. The second-order valence-electron chi connectivity index (χ2n) is 8.13. The first kappa shape index (κ1) is 17.4. The maximum atomic E-state index is 12.4. The van der Waals surface area contributed by atoms with E-state index in [2.05, 4.69) is 20.1 Å². The zero-order valence-electron chi connectivity index (χ0n) is 15.9. The predicted octanol–water partition coefficient (Wildman–Crippen LogP) is 3.90. The SMILES string of the molecule is O=C1CC[C@H](c2nc(-c3ccc4nc[nH]c4c3)no2)CN1CC1CCCCC1. The number of H-pyrrole nitrogens is 1. The molecule has 146 valence electrons. The Balaban J connectivity index is 1.31. The number of piperidine rings is 1. The molecular weight excluding hydrogens is 354 g/mol. The van der Waals surface area contributed by atoms with E-state index in [0.29, 0.717) is 30.6 Å².